The summed E-state index contributed by atoms with van der Waals surface area (Å²) in [7, 11) is 5.24. The van der Waals surface area contributed by atoms with E-state index in [0.29, 0.717) is 6.54 Å². The Bertz CT molecular complexity index is 639. The van der Waals surface area contributed by atoms with Crippen LogP contribution in [0.3, 0.4) is 0 Å². The number of hydrogen-bond acceptors (Lipinski definition) is 3. The number of nitrogens with one attached hydrogen (secondary N) is 1. The predicted molar refractivity (Wildman–Crippen MR) is 84.6 cm³/mol. The molecule has 22 heavy (non-hydrogen) atoms. The monoisotopic (exact) mass is 302 g/mol. The zero-order valence-electron chi connectivity index (χ0n) is 13.4. The second-order valence-corrected chi connectivity index (χ2v) is 5.29. The van der Waals surface area contributed by atoms with Gasteiger partial charge in [-0.3, -0.25) is 4.68 Å². The molecule has 2 aromatic rings. The standard InChI is InChI=1S/C16H22N4O2/c1-12(14-7-5-6-8-15(14)22-4)18-16(21)19(2)10-13-9-17-20(3)11-13/h5-9,11-12H,10H2,1-4H3,(H,18,21)/t12-/m0/s1. The van der Waals surface area contributed by atoms with Crippen LogP contribution in [0.25, 0.3) is 0 Å². The van der Waals surface area contributed by atoms with Crippen molar-refractivity contribution in [1.29, 1.82) is 0 Å². The summed E-state index contributed by atoms with van der Waals surface area (Å²) < 4.78 is 7.05. The molecule has 1 N–H and O–H groups in total. The van der Waals surface area contributed by atoms with Gasteiger partial charge in [-0.25, -0.2) is 4.79 Å². The largest absolute Gasteiger partial charge is 0.496 e. The lowest BCUT2D eigenvalue weighted by molar-refractivity contribution is 0.203. The zero-order chi connectivity index (χ0) is 16.1. The number of aromatic nitrogens is 2. The molecule has 0 spiro atoms. The summed E-state index contributed by atoms with van der Waals surface area (Å²) in [6.07, 6.45) is 3.65. The number of methoxy groups -OCH3 is 1. The van der Waals surface area contributed by atoms with E-state index in [1.165, 1.54) is 0 Å². The van der Waals surface area contributed by atoms with E-state index in [-0.39, 0.29) is 12.1 Å². The lowest BCUT2D eigenvalue weighted by Gasteiger charge is -2.22. The average Bonchev–Trinajstić information content (AvgIpc) is 2.92. The van der Waals surface area contributed by atoms with Crippen LogP contribution in [-0.4, -0.2) is 34.9 Å². The minimum Gasteiger partial charge on any atom is -0.496 e. The normalized spacial score (nSPS) is 11.8. The molecule has 1 aromatic heterocycles. The van der Waals surface area contributed by atoms with Crippen molar-refractivity contribution in [2.24, 2.45) is 7.05 Å². The van der Waals surface area contributed by atoms with Crippen molar-refractivity contribution < 1.29 is 9.53 Å². The molecule has 0 unspecified atom stereocenters. The number of urea groups is 1. The van der Waals surface area contributed by atoms with Gasteiger partial charge in [-0.1, -0.05) is 18.2 Å². The summed E-state index contributed by atoms with van der Waals surface area (Å²) in [5.41, 5.74) is 1.94. The molecule has 0 fully saturated rings. The predicted octanol–water partition coefficient (Wildman–Crippen LogP) is 2.33. The zero-order valence-corrected chi connectivity index (χ0v) is 13.4. The molecule has 1 aromatic carbocycles. The first-order valence-electron chi connectivity index (χ1n) is 7.13. The van der Waals surface area contributed by atoms with Crippen LogP contribution in [-0.2, 0) is 13.6 Å². The first kappa shape index (κ1) is 15.9. The molecular formula is C16H22N4O2. The molecule has 0 saturated heterocycles. The van der Waals surface area contributed by atoms with Gasteiger partial charge in [0.2, 0.25) is 0 Å². The minimum absolute atomic E-state index is 0.137. The second kappa shape index (κ2) is 6.98. The topological polar surface area (TPSA) is 59.4 Å². The lowest BCUT2D eigenvalue weighted by atomic mass is 10.1. The summed E-state index contributed by atoms with van der Waals surface area (Å²) in [5, 5.41) is 7.08. The Morgan fingerprint density at radius 2 is 2.18 bits per heavy atom. The van der Waals surface area contributed by atoms with Gasteiger partial charge in [0.1, 0.15) is 5.75 Å². The number of carbonyl (C=O) groups is 1. The average molecular weight is 302 g/mol. The van der Waals surface area contributed by atoms with Crippen LogP contribution in [0.4, 0.5) is 4.79 Å². The first-order chi connectivity index (χ1) is 10.5. The Labute approximate surface area is 130 Å². The fourth-order valence-corrected chi connectivity index (χ4v) is 2.30. The van der Waals surface area contributed by atoms with Crippen molar-refractivity contribution >= 4 is 6.03 Å². The van der Waals surface area contributed by atoms with Crippen molar-refractivity contribution in [3.63, 3.8) is 0 Å². The van der Waals surface area contributed by atoms with Crippen LogP contribution < -0.4 is 10.1 Å². The van der Waals surface area contributed by atoms with Gasteiger partial charge < -0.3 is 15.0 Å². The molecule has 0 aliphatic carbocycles. The maximum Gasteiger partial charge on any atom is 0.317 e. The molecule has 2 amide bonds. The molecule has 6 heteroatoms. The number of rotatable bonds is 5. The molecule has 0 aliphatic rings. The smallest absolute Gasteiger partial charge is 0.317 e. The van der Waals surface area contributed by atoms with E-state index in [0.717, 1.165) is 16.9 Å². The van der Waals surface area contributed by atoms with E-state index in [1.807, 2.05) is 44.4 Å². The fraction of sp³-hybridized carbons (Fsp3) is 0.375. The van der Waals surface area contributed by atoms with E-state index in [1.54, 1.807) is 29.9 Å². The highest BCUT2D eigenvalue weighted by atomic mass is 16.5. The van der Waals surface area contributed by atoms with Gasteiger partial charge in [0, 0.05) is 31.4 Å². The summed E-state index contributed by atoms with van der Waals surface area (Å²) in [4.78, 5) is 13.9. The number of hydrogen-bond donors (Lipinski definition) is 1. The molecule has 1 heterocycles. The quantitative estimate of drug-likeness (QED) is 0.922. The third-order valence-corrected chi connectivity index (χ3v) is 3.47. The molecule has 0 bridgehead atoms. The molecule has 1 atom stereocenters. The van der Waals surface area contributed by atoms with Gasteiger partial charge in [0.25, 0.3) is 0 Å². The van der Waals surface area contributed by atoms with Crippen LogP contribution in [0.1, 0.15) is 24.1 Å². The number of nitrogens with zero attached hydrogens (tertiary/aromatic N) is 3. The Morgan fingerprint density at radius 3 is 2.82 bits per heavy atom. The Hall–Kier alpha value is -2.50. The van der Waals surface area contributed by atoms with Gasteiger partial charge in [-0.15, -0.1) is 0 Å². The van der Waals surface area contributed by atoms with Crippen LogP contribution in [0.2, 0.25) is 0 Å². The summed E-state index contributed by atoms with van der Waals surface area (Å²) in [6.45, 7) is 2.45. The highest BCUT2D eigenvalue weighted by Gasteiger charge is 2.16. The number of aryl methyl sites for hydroxylation is 1. The Balaban J connectivity index is 1.98. The Morgan fingerprint density at radius 1 is 1.45 bits per heavy atom. The van der Waals surface area contributed by atoms with Crippen molar-refractivity contribution in [3.8, 4) is 5.75 Å². The molecule has 0 radical (unpaired) electrons. The fourth-order valence-electron chi connectivity index (χ4n) is 2.30. The number of benzene rings is 1. The summed E-state index contributed by atoms with van der Waals surface area (Å²) in [5.74, 6) is 0.769. The van der Waals surface area contributed by atoms with Gasteiger partial charge in [-0.05, 0) is 13.0 Å². The van der Waals surface area contributed by atoms with E-state index in [4.69, 9.17) is 4.74 Å². The van der Waals surface area contributed by atoms with Gasteiger partial charge in [-0.2, -0.15) is 5.10 Å². The number of para-hydroxylation sites is 1. The van der Waals surface area contributed by atoms with Crippen molar-refractivity contribution in [2.45, 2.75) is 19.5 Å². The summed E-state index contributed by atoms with van der Waals surface area (Å²) in [6, 6.07) is 7.40. The van der Waals surface area contributed by atoms with Crippen LogP contribution >= 0.6 is 0 Å². The third kappa shape index (κ3) is 3.78. The van der Waals surface area contributed by atoms with E-state index in [9.17, 15) is 4.79 Å². The van der Waals surface area contributed by atoms with Gasteiger partial charge in [0.15, 0.2) is 0 Å². The van der Waals surface area contributed by atoms with Crippen LogP contribution in [0.5, 0.6) is 5.75 Å². The highest BCUT2D eigenvalue weighted by molar-refractivity contribution is 5.74. The lowest BCUT2D eigenvalue weighted by Crippen LogP contribution is -2.38. The molecule has 118 valence electrons. The maximum atomic E-state index is 12.3. The molecule has 0 aliphatic heterocycles. The number of carbonyl (C=O) groups excluding carboxylic acids is 1. The molecule has 0 saturated carbocycles. The summed E-state index contributed by atoms with van der Waals surface area (Å²) >= 11 is 0. The van der Waals surface area contributed by atoms with E-state index in [2.05, 4.69) is 10.4 Å². The van der Waals surface area contributed by atoms with Crippen molar-refractivity contribution in [3.05, 3.63) is 47.8 Å². The van der Waals surface area contributed by atoms with Crippen molar-refractivity contribution in [2.75, 3.05) is 14.2 Å². The highest BCUT2D eigenvalue weighted by Crippen LogP contribution is 2.24. The van der Waals surface area contributed by atoms with E-state index < -0.39 is 0 Å². The number of ether oxygens (including phenoxy) is 1. The number of amides is 2. The molecule has 2 rings (SSSR count). The third-order valence-electron chi connectivity index (χ3n) is 3.47. The van der Waals surface area contributed by atoms with Crippen LogP contribution in [0, 0.1) is 0 Å². The Kier molecular flexibility index (Phi) is 5.04. The molecular weight excluding hydrogens is 280 g/mol. The van der Waals surface area contributed by atoms with Crippen molar-refractivity contribution in [1.82, 2.24) is 20.0 Å². The molecule has 6 nitrogen and oxygen atoms in total. The first-order valence-corrected chi connectivity index (χ1v) is 7.13. The van der Waals surface area contributed by atoms with E-state index >= 15 is 0 Å². The van der Waals surface area contributed by atoms with Gasteiger partial charge >= 0.3 is 6.03 Å². The maximum absolute atomic E-state index is 12.3. The van der Waals surface area contributed by atoms with Gasteiger partial charge in [0.05, 0.1) is 25.9 Å². The van der Waals surface area contributed by atoms with Crippen LogP contribution in [0.15, 0.2) is 36.7 Å². The SMILES string of the molecule is COc1ccccc1[C@H](C)NC(=O)N(C)Cc1cnn(C)c1. The second-order valence-electron chi connectivity index (χ2n) is 5.29. The minimum atomic E-state index is -0.139.